The first kappa shape index (κ1) is 28.9. The van der Waals surface area contributed by atoms with Crippen LogP contribution in [0.4, 0.5) is 5.13 Å². The molecule has 4 aromatic rings. The van der Waals surface area contributed by atoms with Gasteiger partial charge >= 0.3 is 0 Å². The molecule has 0 fully saturated rings. The van der Waals surface area contributed by atoms with E-state index in [1.165, 1.54) is 34.1 Å². The highest BCUT2D eigenvalue weighted by molar-refractivity contribution is 8.00. The molecule has 1 unspecified atom stereocenters. The number of carbonyl (C=O) groups excluding carboxylic acids is 2. The summed E-state index contributed by atoms with van der Waals surface area (Å²) in [7, 11) is 0. The molecule has 0 spiro atoms. The van der Waals surface area contributed by atoms with Gasteiger partial charge in [0, 0.05) is 10.8 Å². The van der Waals surface area contributed by atoms with Crippen molar-refractivity contribution in [2.45, 2.75) is 43.3 Å². The van der Waals surface area contributed by atoms with E-state index in [4.69, 9.17) is 20.8 Å². The van der Waals surface area contributed by atoms with Gasteiger partial charge < -0.3 is 14.3 Å². The highest BCUT2D eigenvalue weighted by Gasteiger charge is 2.46. The molecule has 0 saturated carbocycles. The van der Waals surface area contributed by atoms with Gasteiger partial charge in [0.15, 0.2) is 15.9 Å². The number of ether oxygens (including phenoxy) is 1. The Labute approximate surface area is 251 Å². The third-order valence-electron chi connectivity index (χ3n) is 6.47. The Morgan fingerprint density at radius 2 is 1.98 bits per heavy atom. The molecule has 1 N–H and O–H groups in total. The number of furan rings is 1. The van der Waals surface area contributed by atoms with E-state index in [0.717, 1.165) is 12.0 Å². The lowest BCUT2D eigenvalue weighted by atomic mass is 9.95. The number of benzene rings is 2. The van der Waals surface area contributed by atoms with Gasteiger partial charge in [-0.2, -0.15) is 0 Å². The molecule has 11 heteroatoms. The summed E-state index contributed by atoms with van der Waals surface area (Å²) in [6.07, 6.45) is 0.875. The van der Waals surface area contributed by atoms with E-state index < -0.39 is 23.5 Å². The van der Waals surface area contributed by atoms with Gasteiger partial charge in [-0.05, 0) is 60.7 Å². The quantitative estimate of drug-likeness (QED) is 0.105. The van der Waals surface area contributed by atoms with Crippen LogP contribution < -0.4 is 9.64 Å². The van der Waals surface area contributed by atoms with Crippen LogP contribution in [-0.2, 0) is 10.5 Å². The van der Waals surface area contributed by atoms with Crippen LogP contribution in [-0.4, -0.2) is 33.6 Å². The Kier molecular flexibility index (Phi) is 8.82. The SMILES string of the molecule is Cc1ccc(C(=O)C2=C(O)C(=O)N(c3nnc(SCc4ccccc4Cl)s3)C2c2cccc(OCCC(C)C)c2)o1. The Bertz CT molecular complexity index is 1610. The Morgan fingerprint density at radius 1 is 1.17 bits per heavy atom. The average molecular weight is 610 g/mol. The predicted octanol–water partition coefficient (Wildman–Crippen LogP) is 7.59. The van der Waals surface area contributed by atoms with Crippen molar-refractivity contribution in [3.05, 3.63) is 99.7 Å². The van der Waals surface area contributed by atoms with Crippen LogP contribution in [0.3, 0.4) is 0 Å². The smallest absolute Gasteiger partial charge is 0.296 e. The third-order valence-corrected chi connectivity index (χ3v) is 8.94. The van der Waals surface area contributed by atoms with Crippen LogP contribution in [0.1, 0.15) is 53.8 Å². The van der Waals surface area contributed by atoms with Crippen LogP contribution in [0.25, 0.3) is 0 Å². The number of carbonyl (C=O) groups is 2. The van der Waals surface area contributed by atoms with Crippen LogP contribution in [0, 0.1) is 12.8 Å². The summed E-state index contributed by atoms with van der Waals surface area (Å²) in [4.78, 5) is 28.5. The largest absolute Gasteiger partial charge is 0.503 e. The highest BCUT2D eigenvalue weighted by Crippen LogP contribution is 2.44. The summed E-state index contributed by atoms with van der Waals surface area (Å²) in [6, 6.07) is 16.9. The molecule has 2 aromatic carbocycles. The second kappa shape index (κ2) is 12.5. The van der Waals surface area contributed by atoms with E-state index in [1.54, 1.807) is 31.2 Å². The number of ketones is 1. The number of nitrogens with zero attached hydrogens (tertiary/aromatic N) is 3. The monoisotopic (exact) mass is 609 g/mol. The van der Waals surface area contributed by atoms with Crippen molar-refractivity contribution in [3.63, 3.8) is 0 Å². The molecule has 1 atom stereocenters. The van der Waals surface area contributed by atoms with Crippen molar-refractivity contribution < 1.29 is 23.8 Å². The maximum absolute atomic E-state index is 13.6. The molecule has 5 rings (SSSR count). The Balaban J connectivity index is 1.49. The van der Waals surface area contributed by atoms with E-state index >= 15 is 0 Å². The number of anilines is 1. The fourth-order valence-corrected chi connectivity index (χ4v) is 6.49. The van der Waals surface area contributed by atoms with E-state index in [0.29, 0.717) is 44.7 Å². The van der Waals surface area contributed by atoms with Crippen molar-refractivity contribution in [2.24, 2.45) is 5.92 Å². The normalized spacial score (nSPS) is 15.3. The number of hydrogen-bond acceptors (Lipinski definition) is 9. The molecule has 1 amide bonds. The third kappa shape index (κ3) is 6.34. The summed E-state index contributed by atoms with van der Waals surface area (Å²) >= 11 is 8.92. The maximum Gasteiger partial charge on any atom is 0.296 e. The van der Waals surface area contributed by atoms with Crippen LogP contribution >= 0.6 is 34.7 Å². The minimum Gasteiger partial charge on any atom is -0.503 e. The minimum absolute atomic E-state index is 0.0290. The van der Waals surface area contributed by atoms with E-state index in [-0.39, 0.29) is 16.5 Å². The topological polar surface area (TPSA) is 106 Å². The highest BCUT2D eigenvalue weighted by atomic mass is 35.5. The van der Waals surface area contributed by atoms with Crippen LogP contribution in [0.5, 0.6) is 5.75 Å². The Hall–Kier alpha value is -3.60. The predicted molar refractivity (Wildman–Crippen MR) is 160 cm³/mol. The van der Waals surface area contributed by atoms with Gasteiger partial charge in [0.25, 0.3) is 5.91 Å². The molecule has 8 nitrogen and oxygen atoms in total. The standard InChI is InChI=1S/C30H28ClN3O5S2/c1-17(2)13-14-38-21-9-6-8-19(15-21)25-24(26(35)23-12-11-18(3)39-23)27(36)28(37)34(25)29-32-33-30(41-29)40-16-20-7-4-5-10-22(20)31/h4-12,15,17,25,36H,13-14,16H2,1-3H3. The molecule has 2 aromatic heterocycles. The van der Waals surface area contributed by atoms with Gasteiger partial charge in [0.2, 0.25) is 10.9 Å². The van der Waals surface area contributed by atoms with Gasteiger partial charge in [-0.25, -0.2) is 0 Å². The number of hydrogen-bond donors (Lipinski definition) is 1. The van der Waals surface area contributed by atoms with Crippen molar-refractivity contribution in [3.8, 4) is 5.75 Å². The first-order valence-corrected chi connectivity index (χ1v) is 15.2. The van der Waals surface area contributed by atoms with Gasteiger partial charge in [0.1, 0.15) is 11.5 Å². The number of aliphatic hydroxyl groups is 1. The van der Waals surface area contributed by atoms with Crippen molar-refractivity contribution in [1.29, 1.82) is 0 Å². The fourth-order valence-electron chi connectivity index (χ4n) is 4.34. The lowest BCUT2D eigenvalue weighted by Gasteiger charge is -2.24. The van der Waals surface area contributed by atoms with E-state index in [1.807, 2.05) is 30.3 Å². The molecule has 0 radical (unpaired) electrons. The first-order valence-electron chi connectivity index (χ1n) is 13.0. The molecule has 0 bridgehead atoms. The molecule has 212 valence electrons. The first-order chi connectivity index (χ1) is 19.7. The number of aryl methyl sites for hydroxylation is 1. The van der Waals surface area contributed by atoms with Gasteiger partial charge in [0.05, 0.1) is 18.2 Å². The molecular weight excluding hydrogens is 582 g/mol. The maximum atomic E-state index is 13.6. The van der Waals surface area contributed by atoms with Crippen LogP contribution in [0.2, 0.25) is 5.02 Å². The van der Waals surface area contributed by atoms with Crippen molar-refractivity contribution in [1.82, 2.24) is 10.2 Å². The number of aromatic nitrogens is 2. The Morgan fingerprint density at radius 3 is 2.71 bits per heavy atom. The number of Topliss-reactive ketones (excluding diaryl/α,β-unsaturated/α-hetero) is 1. The molecule has 3 heterocycles. The lowest BCUT2D eigenvalue weighted by molar-refractivity contribution is -0.117. The molecule has 1 aliphatic rings. The second-order valence-electron chi connectivity index (χ2n) is 9.91. The summed E-state index contributed by atoms with van der Waals surface area (Å²) < 4.78 is 12.1. The summed E-state index contributed by atoms with van der Waals surface area (Å²) in [5, 5.41) is 20.5. The van der Waals surface area contributed by atoms with Crippen LogP contribution in [0.15, 0.2) is 80.8 Å². The zero-order valence-electron chi connectivity index (χ0n) is 22.7. The zero-order valence-corrected chi connectivity index (χ0v) is 25.1. The molecule has 41 heavy (non-hydrogen) atoms. The minimum atomic E-state index is -0.969. The summed E-state index contributed by atoms with van der Waals surface area (Å²) in [5.74, 6) is 0.220. The summed E-state index contributed by atoms with van der Waals surface area (Å²) in [6.45, 7) is 6.48. The van der Waals surface area contributed by atoms with Gasteiger partial charge in [-0.15, -0.1) is 10.2 Å². The average Bonchev–Trinajstić information content (AvgIpc) is 3.66. The number of amides is 1. The lowest BCUT2D eigenvalue weighted by Crippen LogP contribution is -2.31. The number of aliphatic hydroxyl groups excluding tert-OH is 1. The van der Waals surface area contributed by atoms with E-state index in [9.17, 15) is 14.7 Å². The second-order valence-corrected chi connectivity index (χ2v) is 12.5. The molecule has 0 saturated heterocycles. The molecule has 1 aliphatic heterocycles. The number of halogens is 1. The number of thioether (sulfide) groups is 1. The van der Waals surface area contributed by atoms with Crippen molar-refractivity contribution in [2.75, 3.05) is 11.5 Å². The van der Waals surface area contributed by atoms with Gasteiger partial charge in [-0.3, -0.25) is 14.5 Å². The summed E-state index contributed by atoms with van der Waals surface area (Å²) in [5.41, 5.74) is 1.43. The van der Waals surface area contributed by atoms with E-state index in [2.05, 4.69) is 24.0 Å². The molecular formula is C30H28ClN3O5S2. The van der Waals surface area contributed by atoms with Crippen molar-refractivity contribution >= 4 is 51.5 Å². The van der Waals surface area contributed by atoms with Gasteiger partial charge in [-0.1, -0.05) is 78.9 Å². The molecule has 0 aliphatic carbocycles. The number of rotatable bonds is 11. The zero-order chi connectivity index (χ0) is 29.1. The fraction of sp³-hybridized carbons (Fsp3) is 0.267.